The molecular weight excluding hydrogens is 1480 g/mol. The Kier molecular flexibility index (Phi) is 31.4. The summed E-state index contributed by atoms with van der Waals surface area (Å²) in [4.78, 5) is 139. The first kappa shape index (κ1) is 85.9. The summed E-state index contributed by atoms with van der Waals surface area (Å²) in [7, 11) is 1.42. The molecule has 4 heterocycles. The third-order valence-corrected chi connectivity index (χ3v) is 16.4. The van der Waals surface area contributed by atoms with Gasteiger partial charge in [-0.3, -0.25) is 25.1 Å². The van der Waals surface area contributed by atoms with Crippen LogP contribution in [0.2, 0.25) is 0 Å². The quantitative estimate of drug-likeness (QED) is 0.00578. The molecule has 4 fully saturated rings. The van der Waals surface area contributed by atoms with Crippen LogP contribution in [0.4, 0.5) is 30.6 Å². The van der Waals surface area contributed by atoms with Gasteiger partial charge in [0.15, 0.2) is 23.6 Å². The van der Waals surface area contributed by atoms with Crippen molar-refractivity contribution in [3.05, 3.63) is 172 Å². The molecular formula is C78H88N10O25. The van der Waals surface area contributed by atoms with Crippen molar-refractivity contribution in [3.8, 4) is 28.0 Å². The number of hydrogen-bond acceptors (Lipinski definition) is 28. The van der Waals surface area contributed by atoms with Crippen molar-refractivity contribution in [2.75, 3.05) is 71.3 Å². The van der Waals surface area contributed by atoms with Crippen molar-refractivity contribution < 1.29 is 120 Å². The number of amides is 5. The Labute approximate surface area is 648 Å². The predicted molar refractivity (Wildman–Crippen MR) is 404 cm³/mol. The van der Waals surface area contributed by atoms with Gasteiger partial charge in [0.1, 0.15) is 42.4 Å². The second-order valence-electron chi connectivity index (χ2n) is 26.0. The number of nitrogens with two attached hydrogens (primary N) is 2. The monoisotopic (exact) mass is 1560 g/mol. The highest BCUT2D eigenvalue weighted by molar-refractivity contribution is 6.12. The van der Waals surface area contributed by atoms with Crippen molar-refractivity contribution in [2.45, 2.75) is 111 Å². The molecule has 113 heavy (non-hydrogen) atoms. The molecule has 0 spiro atoms. The number of nitrogens with zero attached hydrogens (tertiary/aromatic N) is 3. The number of pyridine rings is 2. The van der Waals surface area contributed by atoms with E-state index in [9.17, 15) is 58.2 Å². The van der Waals surface area contributed by atoms with Crippen LogP contribution in [0.5, 0.6) is 5.75 Å². The van der Waals surface area contributed by atoms with Gasteiger partial charge in [-0.1, -0.05) is 25.3 Å². The highest BCUT2D eigenvalue weighted by atomic mass is 16.8. The second-order valence-corrected chi connectivity index (χ2v) is 26.0. The number of carbonyl (C=O) groups is 10. The highest BCUT2D eigenvalue weighted by Gasteiger charge is 2.32. The van der Waals surface area contributed by atoms with Crippen molar-refractivity contribution in [1.82, 2.24) is 25.9 Å². The Bertz CT molecular complexity index is 4510. The molecule has 0 bridgehead atoms. The molecule has 2 aromatic heterocycles. The van der Waals surface area contributed by atoms with E-state index in [-0.39, 0.29) is 94.6 Å². The Morgan fingerprint density at radius 1 is 0.593 bits per heavy atom. The van der Waals surface area contributed by atoms with Crippen LogP contribution in [0.25, 0.3) is 34.4 Å². The number of aliphatic hydroxyl groups excluding tert-OH is 1. The molecule has 600 valence electrons. The average molecular weight is 1570 g/mol. The van der Waals surface area contributed by atoms with Crippen LogP contribution >= 0.6 is 0 Å². The molecule has 2 atom stereocenters. The van der Waals surface area contributed by atoms with Gasteiger partial charge in [0.2, 0.25) is 12.6 Å². The van der Waals surface area contributed by atoms with E-state index in [0.717, 1.165) is 25.7 Å². The number of nitrogen functional groups attached to an aromatic ring is 1. The summed E-state index contributed by atoms with van der Waals surface area (Å²) in [6, 6.07) is 24.1. The number of methoxy groups -OCH3 is 1. The van der Waals surface area contributed by atoms with Crippen LogP contribution in [-0.4, -0.2) is 189 Å². The number of hydrogen-bond donors (Lipinski definition) is 9. The number of aromatic carboxylic acids is 1. The fourth-order valence-electron chi connectivity index (χ4n) is 10.4. The van der Waals surface area contributed by atoms with Crippen LogP contribution in [0.3, 0.4) is 0 Å². The molecule has 2 aliphatic carbocycles. The minimum atomic E-state index is -1.41. The first-order valence-corrected chi connectivity index (χ1v) is 35.5. The average Bonchev–Trinajstić information content (AvgIpc) is 1.57. The van der Waals surface area contributed by atoms with Gasteiger partial charge in [-0.25, -0.2) is 43.5 Å². The van der Waals surface area contributed by atoms with Crippen LogP contribution in [0, 0.1) is 17.2 Å². The third-order valence-electron chi connectivity index (χ3n) is 16.4. The zero-order chi connectivity index (χ0) is 82.0. The van der Waals surface area contributed by atoms with E-state index in [2.05, 4.69) is 49.4 Å². The minimum Gasteiger partial charge on any atom is -0.496 e. The summed E-state index contributed by atoms with van der Waals surface area (Å²) < 4.78 is 66.5. The zero-order valence-electron chi connectivity index (χ0n) is 62.9. The van der Waals surface area contributed by atoms with Crippen LogP contribution in [0.1, 0.15) is 158 Å². The van der Waals surface area contributed by atoms with E-state index in [0.29, 0.717) is 83.1 Å². The second kappa shape index (κ2) is 41.4. The van der Waals surface area contributed by atoms with Gasteiger partial charge in [0.25, 0.3) is 17.7 Å². The Morgan fingerprint density at radius 2 is 1.06 bits per heavy atom. The molecule has 2 saturated heterocycles. The largest absolute Gasteiger partial charge is 0.511 e. The lowest BCUT2D eigenvalue weighted by Crippen LogP contribution is -2.39. The summed E-state index contributed by atoms with van der Waals surface area (Å²) in [6.45, 7) is 18.3. The smallest absolute Gasteiger partial charge is 0.496 e. The number of amidine groups is 2. The van der Waals surface area contributed by atoms with Gasteiger partial charge in [-0.15, -0.1) is 0 Å². The molecule has 10 rings (SSSR count). The van der Waals surface area contributed by atoms with Gasteiger partial charge >= 0.3 is 42.4 Å². The first-order chi connectivity index (χ1) is 54.0. The first-order valence-electron chi connectivity index (χ1n) is 35.5. The number of aromatic nitrogens is 2. The molecule has 35 heteroatoms. The fourth-order valence-corrected chi connectivity index (χ4v) is 10.4. The van der Waals surface area contributed by atoms with Crippen LogP contribution in [-0.2, 0) is 63.4 Å². The maximum Gasteiger partial charge on any atom is 0.511 e. The summed E-state index contributed by atoms with van der Waals surface area (Å²) in [5.74, 6) is -4.16. The molecule has 0 radical (unpaired) electrons. The van der Waals surface area contributed by atoms with Gasteiger partial charge in [0, 0.05) is 77.3 Å². The summed E-state index contributed by atoms with van der Waals surface area (Å²) >= 11 is 0. The number of anilines is 2. The number of rotatable bonds is 27. The Hall–Kier alpha value is -12.7. The lowest BCUT2D eigenvalue weighted by molar-refractivity contribution is -0.151. The lowest BCUT2D eigenvalue weighted by atomic mass is 9.92. The number of alkyl carbamates (subject to hydrolysis) is 1. The van der Waals surface area contributed by atoms with E-state index in [1.54, 1.807) is 52.0 Å². The third kappa shape index (κ3) is 26.2. The number of ether oxygens (including phenoxy) is 13. The molecule has 2 saturated carbocycles. The van der Waals surface area contributed by atoms with Crippen LogP contribution in [0.15, 0.2) is 115 Å². The Morgan fingerprint density at radius 3 is 1.51 bits per heavy atom. The predicted octanol–water partition coefficient (Wildman–Crippen LogP) is 9.55. The van der Waals surface area contributed by atoms with Gasteiger partial charge in [-0.2, -0.15) is 4.99 Å². The van der Waals surface area contributed by atoms with Crippen molar-refractivity contribution >= 4 is 95.3 Å². The zero-order valence-corrected chi connectivity index (χ0v) is 62.9. The SMILES string of the molecule is C=Cc1cc(C(=O)Nc2ccc(C(=N)NC(=O)OC3COCOC3)cc2)c(-c2ccc(C(=O)NCC3CC3)nc2C(=O)OC(C)OC(=O)OC(C)C)cc1OC.C=Cc1cc(C(=O)O)c(-c2ccc(C(=O)NCC3CC3)nc2C(=O)OC(C)OC(=O)OC(C)C)cc1CO.NC(=NC(=O)OC1COCOC1)c1ccc(N)cc1. The number of esters is 2. The fraction of sp³-hybridized carbons (Fsp3) is 0.359. The number of aliphatic hydroxyl groups is 1. The van der Waals surface area contributed by atoms with Crippen molar-refractivity contribution in [3.63, 3.8) is 0 Å². The maximum atomic E-state index is 14.0. The molecule has 4 aliphatic rings. The van der Waals surface area contributed by atoms with Gasteiger partial charge < -0.3 is 99.2 Å². The van der Waals surface area contributed by atoms with Crippen molar-refractivity contribution in [1.29, 1.82) is 5.41 Å². The Balaban J connectivity index is 0.000000240. The number of carbonyl (C=O) groups excluding carboxylic acids is 9. The summed E-state index contributed by atoms with van der Waals surface area (Å²) in [5.41, 5.74) is 13.6. The standard InChI is InChI=1S/C39H43N5O12.C27H30N2O9.C12H15N3O4/c1-6-24-15-30(35(45)42-26-11-9-25(10-12-26)34(40)44-38(48)56-27-18-51-20-52-19-27)29(16-32(24)50-5)28-13-14-31(36(46)41-17-23-7-8-23)43-33(28)37(47)54-22(4)55-39(49)53-21(2)3;1-5-17-10-21(25(32)33)20(11-18(17)13-30)19-8-9-22(24(31)28-12-16-6-7-16)29-23(19)26(34)37-15(4)38-27(35)36-14(2)3;13-9-3-1-8(2-4-9)11(14)15-12(16)19-10-5-17-7-18-6-10/h6,9-16,21-23,27H,1,7-8,17-20H2,2-5H3,(H,41,46)(H,42,45)(H2,40,44,48);5,8-11,14-16,30H,1,6-7,12-13H2,2-4H3,(H,28,31)(H,32,33);1-4,10H,5-7,13H2,(H2,14,15,16). The molecule has 5 amide bonds. The number of aliphatic imine (C=N–C) groups is 1. The molecule has 4 aromatic carbocycles. The van der Waals surface area contributed by atoms with E-state index in [1.807, 2.05) is 0 Å². The summed E-state index contributed by atoms with van der Waals surface area (Å²) in [5, 5.41) is 38.7. The number of nitrogens with one attached hydrogen (secondary N) is 5. The molecule has 2 unspecified atom stereocenters. The van der Waals surface area contributed by atoms with E-state index in [1.165, 1.54) is 106 Å². The van der Waals surface area contributed by atoms with Crippen molar-refractivity contribution in [2.24, 2.45) is 22.6 Å². The number of benzene rings is 4. The van der Waals surface area contributed by atoms with Gasteiger partial charge in [-0.05, 0) is 179 Å². The normalized spacial score (nSPS) is 14.5. The molecule has 2 aliphatic heterocycles. The summed E-state index contributed by atoms with van der Waals surface area (Å²) in [6.07, 6.45) is -1.60. The molecule has 6 aromatic rings. The molecule has 11 N–H and O–H groups in total. The maximum absolute atomic E-state index is 14.0. The lowest BCUT2D eigenvalue weighted by Gasteiger charge is -2.22. The van der Waals surface area contributed by atoms with Gasteiger partial charge in [0.05, 0.1) is 57.9 Å². The van der Waals surface area contributed by atoms with Crippen LogP contribution < -0.4 is 37.5 Å². The highest BCUT2D eigenvalue weighted by Crippen LogP contribution is 2.37. The number of carboxylic acids is 1. The molecule has 35 nitrogen and oxygen atoms in total. The van der Waals surface area contributed by atoms with E-state index in [4.69, 9.17) is 78.5 Å². The van der Waals surface area contributed by atoms with E-state index >= 15 is 0 Å². The topological polar surface area (TPSA) is 493 Å². The minimum absolute atomic E-state index is 0.0356. The van der Waals surface area contributed by atoms with E-state index < -0.39 is 104 Å². The number of carboxylic acid groups (broad SMARTS) is 1.